The maximum absolute atomic E-state index is 9.62. The lowest BCUT2D eigenvalue weighted by atomic mass is 9.91. The normalized spacial score (nSPS) is 14.1. The Morgan fingerprint density at radius 3 is 1.68 bits per heavy atom. The summed E-state index contributed by atoms with van der Waals surface area (Å²) in [5.74, 6) is 1.15. The third-order valence-electron chi connectivity index (χ3n) is 8.31. The van der Waals surface area contributed by atoms with Crippen molar-refractivity contribution in [3.05, 3.63) is 88.1 Å². The Morgan fingerprint density at radius 1 is 0.745 bits per heavy atom. The molecule has 5 aromatic heterocycles. The number of thiol groups is 1. The molecule has 47 heavy (non-hydrogen) atoms. The molecule has 0 spiro atoms. The van der Waals surface area contributed by atoms with E-state index in [-0.39, 0.29) is 5.71 Å². The molecule has 0 atom stereocenters. The minimum absolute atomic E-state index is 0.272. The van der Waals surface area contributed by atoms with Crippen LogP contribution < -0.4 is 10.7 Å². The lowest BCUT2D eigenvalue weighted by molar-refractivity contribution is 0.571. The first-order chi connectivity index (χ1) is 22.9. The van der Waals surface area contributed by atoms with Gasteiger partial charge < -0.3 is 8.83 Å². The Kier molecular flexibility index (Phi) is 11.5. The van der Waals surface area contributed by atoms with E-state index in [1.54, 1.807) is 35.2 Å². The maximum Gasteiger partial charge on any atom is 0.154 e. The zero-order valence-electron chi connectivity index (χ0n) is 26.4. The van der Waals surface area contributed by atoms with Gasteiger partial charge in [-0.05, 0) is 118 Å². The first-order valence-electron chi connectivity index (χ1n) is 16.1. The lowest BCUT2D eigenvalue weighted by Crippen LogP contribution is -2.45. The number of aromatic nitrogens is 2. The number of unbranched alkanes of at least 4 members (excludes halogenated alkanes) is 6. The Balaban J connectivity index is 1.63. The van der Waals surface area contributed by atoms with Gasteiger partial charge in [0.1, 0.15) is 27.8 Å². The van der Waals surface area contributed by atoms with Crippen molar-refractivity contribution in [3.63, 3.8) is 0 Å². The van der Waals surface area contributed by atoms with Gasteiger partial charge in [-0.3, -0.25) is 5.41 Å². The smallest absolute Gasteiger partial charge is 0.154 e. The molecule has 244 valence electrons. The largest absolute Gasteiger partial charge is 0.463 e. The monoisotopic (exact) mass is 810 g/mol. The summed E-state index contributed by atoms with van der Waals surface area (Å²) in [6.07, 6.45) is 14.7. The average molecular weight is 813 g/mol. The SMILES string of the molecule is CCCCCCc1cc(C2=c3nc(-c4ccco4)c(-c4ccco4)nc3=C(c3cc(CCCCCC)c(Br)s3)/C(=N/S)C2=N)sc1Br. The van der Waals surface area contributed by atoms with Gasteiger partial charge in [-0.15, -0.1) is 22.7 Å². The Hall–Kier alpha value is -2.57. The molecule has 5 aromatic rings. The summed E-state index contributed by atoms with van der Waals surface area (Å²) in [5.41, 5.74) is 5.78. The van der Waals surface area contributed by atoms with Crippen LogP contribution >= 0.6 is 67.3 Å². The molecule has 6 rings (SSSR count). The quantitative estimate of drug-likeness (QED) is 0.0864. The molecule has 6 nitrogen and oxygen atoms in total. The molecule has 0 saturated carbocycles. The number of hydrogen-bond donors (Lipinski definition) is 2. The zero-order chi connectivity index (χ0) is 32.9. The van der Waals surface area contributed by atoms with Gasteiger partial charge in [0, 0.05) is 20.9 Å². The molecule has 0 amide bonds. The molecule has 0 aliphatic heterocycles. The van der Waals surface area contributed by atoms with E-state index in [4.69, 9.17) is 18.8 Å². The lowest BCUT2D eigenvalue weighted by Gasteiger charge is -2.18. The van der Waals surface area contributed by atoms with E-state index in [0.29, 0.717) is 44.9 Å². The van der Waals surface area contributed by atoms with Gasteiger partial charge in [0.05, 0.1) is 25.8 Å². The molecule has 0 radical (unpaired) electrons. The van der Waals surface area contributed by atoms with Crippen LogP contribution in [0.5, 0.6) is 0 Å². The Morgan fingerprint density at radius 2 is 1.23 bits per heavy atom. The number of rotatable bonds is 14. The summed E-state index contributed by atoms with van der Waals surface area (Å²) in [4.78, 5) is 12.5. The van der Waals surface area contributed by atoms with Crippen LogP contribution in [0.3, 0.4) is 0 Å². The van der Waals surface area contributed by atoms with Gasteiger partial charge in [0.25, 0.3) is 0 Å². The van der Waals surface area contributed by atoms with Crippen LogP contribution in [0.4, 0.5) is 0 Å². The van der Waals surface area contributed by atoms with Crippen LogP contribution in [0.1, 0.15) is 86.1 Å². The second kappa shape index (κ2) is 15.8. The molecule has 11 heteroatoms. The van der Waals surface area contributed by atoms with E-state index < -0.39 is 0 Å². The fourth-order valence-electron chi connectivity index (χ4n) is 5.89. The number of halogens is 2. The summed E-state index contributed by atoms with van der Waals surface area (Å²) >= 11 is 15.4. The fourth-order valence-corrected chi connectivity index (χ4v) is 9.73. The molecule has 0 aromatic carbocycles. The van der Waals surface area contributed by atoms with E-state index >= 15 is 0 Å². The van der Waals surface area contributed by atoms with Crippen LogP contribution in [-0.2, 0) is 12.8 Å². The van der Waals surface area contributed by atoms with Gasteiger partial charge in [-0.25, -0.2) is 14.4 Å². The Bertz CT molecular complexity index is 2030. The van der Waals surface area contributed by atoms with E-state index in [1.165, 1.54) is 49.7 Å². The van der Waals surface area contributed by atoms with E-state index in [0.717, 1.165) is 48.6 Å². The van der Waals surface area contributed by atoms with Crippen LogP contribution in [0.2, 0.25) is 0 Å². The predicted molar refractivity (Wildman–Crippen MR) is 206 cm³/mol. The third kappa shape index (κ3) is 7.25. The summed E-state index contributed by atoms with van der Waals surface area (Å²) in [5, 5.41) is 10.9. The second-order valence-electron chi connectivity index (χ2n) is 11.6. The predicted octanol–water partition coefficient (Wildman–Crippen LogP) is 10.6. The number of furan rings is 2. The van der Waals surface area contributed by atoms with Gasteiger partial charge in [0.2, 0.25) is 0 Å². The number of nitrogens with zero attached hydrogens (tertiary/aromatic N) is 3. The van der Waals surface area contributed by atoms with Gasteiger partial charge in [0.15, 0.2) is 11.5 Å². The number of thiophene rings is 2. The van der Waals surface area contributed by atoms with Crippen LogP contribution in [0.15, 0.2) is 69.7 Å². The zero-order valence-corrected chi connectivity index (χ0v) is 32.1. The van der Waals surface area contributed by atoms with Crippen molar-refractivity contribution in [2.24, 2.45) is 4.40 Å². The first-order valence-corrected chi connectivity index (χ1v) is 19.7. The topological polar surface area (TPSA) is 88.3 Å². The van der Waals surface area contributed by atoms with Crippen LogP contribution in [0.25, 0.3) is 34.1 Å². The van der Waals surface area contributed by atoms with Crippen molar-refractivity contribution in [2.75, 3.05) is 0 Å². The van der Waals surface area contributed by atoms with Gasteiger partial charge in [-0.2, -0.15) is 0 Å². The fraction of sp³-hybridized carbons (Fsp3) is 0.333. The highest BCUT2D eigenvalue weighted by Gasteiger charge is 2.31. The summed E-state index contributed by atoms with van der Waals surface area (Å²) in [7, 11) is 0. The van der Waals surface area contributed by atoms with Crippen LogP contribution in [0, 0.1) is 5.41 Å². The number of fused-ring (bicyclic) bond motifs is 1. The van der Waals surface area contributed by atoms with Crippen molar-refractivity contribution in [3.8, 4) is 22.9 Å². The highest BCUT2D eigenvalue weighted by Crippen LogP contribution is 2.38. The molecular formula is C36H36Br2N4O2S3. The summed E-state index contributed by atoms with van der Waals surface area (Å²) in [6.45, 7) is 4.46. The summed E-state index contributed by atoms with van der Waals surface area (Å²) < 4.78 is 18.4. The summed E-state index contributed by atoms with van der Waals surface area (Å²) in [6, 6.07) is 11.8. The van der Waals surface area contributed by atoms with Crippen LogP contribution in [-0.4, -0.2) is 21.4 Å². The highest BCUT2D eigenvalue weighted by atomic mass is 79.9. The molecule has 0 unspecified atom stereocenters. The van der Waals surface area contributed by atoms with Crippen molar-refractivity contribution >= 4 is 89.9 Å². The number of hydrogen-bond acceptors (Lipinski definition) is 9. The molecule has 5 heterocycles. The molecule has 1 N–H and O–H groups in total. The highest BCUT2D eigenvalue weighted by molar-refractivity contribution is 9.11. The van der Waals surface area contributed by atoms with Crippen molar-refractivity contribution in [2.45, 2.75) is 78.1 Å². The minimum Gasteiger partial charge on any atom is -0.463 e. The van der Waals surface area contributed by atoms with E-state index in [2.05, 4.69) is 75.1 Å². The van der Waals surface area contributed by atoms with Crippen molar-refractivity contribution in [1.82, 2.24) is 9.97 Å². The number of nitrogens with one attached hydrogen (secondary N) is 1. The molecule has 1 aliphatic carbocycles. The maximum atomic E-state index is 9.62. The molecule has 0 fully saturated rings. The van der Waals surface area contributed by atoms with E-state index in [9.17, 15) is 5.41 Å². The standard InChI is InChI=1S/C36H36Br2N4O2S3/c1-3-5-7-9-13-21-19-25(46-35(21)37)27-29(39)32(42-45)28(26-20-22(36(38)47-26)14-10-8-6-4-2)34-33(27)40-30(23-15-11-17-43-23)31(41-34)24-16-12-18-44-24/h11-12,15-20,39,45H,3-10,13-14H2,1-2H3/b39-29?,42-32-. The average Bonchev–Trinajstić information content (AvgIpc) is 3.90. The first kappa shape index (κ1) is 34.3. The van der Waals surface area contributed by atoms with Crippen molar-refractivity contribution < 1.29 is 8.83 Å². The molecular weight excluding hydrogens is 776 g/mol. The minimum atomic E-state index is 0.272. The molecule has 0 bridgehead atoms. The second-order valence-corrected chi connectivity index (χ2v) is 16.5. The Labute approximate surface area is 305 Å². The number of aryl methyl sites for hydroxylation is 2. The van der Waals surface area contributed by atoms with Gasteiger partial charge in [-0.1, -0.05) is 52.4 Å². The van der Waals surface area contributed by atoms with E-state index in [1.807, 2.05) is 24.3 Å². The van der Waals surface area contributed by atoms with Crippen molar-refractivity contribution in [1.29, 1.82) is 5.41 Å². The molecule has 0 saturated heterocycles. The third-order valence-corrected chi connectivity index (χ3v) is 12.5. The van der Waals surface area contributed by atoms with Gasteiger partial charge >= 0.3 is 0 Å². The molecule has 1 aliphatic rings.